The number of carbonyl (C=O) groups is 1. The average molecular weight is 243 g/mol. The van der Waals surface area contributed by atoms with Crippen molar-refractivity contribution in [2.24, 2.45) is 5.41 Å². The molecule has 0 unspecified atom stereocenters. The molecular weight excluding hydrogens is 228 g/mol. The highest BCUT2D eigenvalue weighted by molar-refractivity contribution is 6.31. The number of benzene rings is 1. The van der Waals surface area contributed by atoms with Crippen LogP contribution in [-0.2, 0) is 11.2 Å². The maximum atomic E-state index is 11.1. The van der Waals surface area contributed by atoms with E-state index in [1.807, 2.05) is 0 Å². The number of halogens is 1. The Balaban J connectivity index is 3.09. The van der Waals surface area contributed by atoms with Crippen molar-refractivity contribution < 1.29 is 14.6 Å². The third-order valence-electron chi connectivity index (χ3n) is 2.49. The van der Waals surface area contributed by atoms with Gasteiger partial charge in [-0.2, -0.15) is 0 Å². The van der Waals surface area contributed by atoms with E-state index in [-0.39, 0.29) is 0 Å². The van der Waals surface area contributed by atoms with E-state index >= 15 is 0 Å². The zero-order valence-electron chi connectivity index (χ0n) is 9.58. The molecule has 0 aliphatic carbocycles. The van der Waals surface area contributed by atoms with Crippen LogP contribution in [0.3, 0.4) is 0 Å². The number of methoxy groups -OCH3 is 1. The summed E-state index contributed by atoms with van der Waals surface area (Å²) < 4.78 is 5.17. The maximum Gasteiger partial charge on any atom is 0.309 e. The van der Waals surface area contributed by atoms with Gasteiger partial charge in [-0.05, 0) is 32.4 Å². The predicted octanol–water partition coefficient (Wildman–Crippen LogP) is 3.00. The lowest BCUT2D eigenvalue weighted by atomic mass is 9.85. The lowest BCUT2D eigenvalue weighted by molar-refractivity contribution is -0.146. The summed E-state index contributed by atoms with van der Waals surface area (Å²) >= 11 is 6.05. The van der Waals surface area contributed by atoms with Crippen LogP contribution in [0.2, 0.25) is 5.02 Å². The van der Waals surface area contributed by atoms with E-state index in [1.165, 1.54) is 0 Å². The first-order valence-electron chi connectivity index (χ1n) is 4.93. The van der Waals surface area contributed by atoms with Gasteiger partial charge < -0.3 is 9.84 Å². The minimum atomic E-state index is -0.863. The van der Waals surface area contributed by atoms with Crippen LogP contribution in [0.5, 0.6) is 5.75 Å². The van der Waals surface area contributed by atoms with Crippen LogP contribution in [0.25, 0.3) is 0 Å². The number of aliphatic carboxylic acids is 1. The standard InChI is InChI=1S/C12H15ClO3/c1-12(2,11(14)15)7-8-9(13)5-4-6-10(8)16-3/h4-6H,7H2,1-3H3,(H,14,15). The summed E-state index contributed by atoms with van der Waals surface area (Å²) in [4.78, 5) is 11.1. The van der Waals surface area contributed by atoms with Crippen LogP contribution in [0.15, 0.2) is 18.2 Å². The van der Waals surface area contributed by atoms with Gasteiger partial charge in [0.15, 0.2) is 0 Å². The monoisotopic (exact) mass is 242 g/mol. The highest BCUT2D eigenvalue weighted by Gasteiger charge is 2.29. The van der Waals surface area contributed by atoms with Crippen LogP contribution in [0.4, 0.5) is 0 Å². The fraction of sp³-hybridized carbons (Fsp3) is 0.417. The van der Waals surface area contributed by atoms with Gasteiger partial charge in [0.05, 0.1) is 12.5 Å². The van der Waals surface area contributed by atoms with Crippen molar-refractivity contribution in [3.05, 3.63) is 28.8 Å². The molecule has 1 aromatic rings. The van der Waals surface area contributed by atoms with Crippen molar-refractivity contribution in [2.45, 2.75) is 20.3 Å². The smallest absolute Gasteiger partial charge is 0.309 e. The summed E-state index contributed by atoms with van der Waals surface area (Å²) in [6.07, 6.45) is 0.338. The van der Waals surface area contributed by atoms with Crippen molar-refractivity contribution in [2.75, 3.05) is 7.11 Å². The molecular formula is C12H15ClO3. The van der Waals surface area contributed by atoms with Gasteiger partial charge in [-0.15, -0.1) is 0 Å². The molecule has 0 amide bonds. The number of carboxylic acid groups (broad SMARTS) is 1. The molecule has 88 valence electrons. The van der Waals surface area contributed by atoms with Crippen LogP contribution < -0.4 is 4.74 Å². The van der Waals surface area contributed by atoms with Gasteiger partial charge in [-0.25, -0.2) is 0 Å². The van der Waals surface area contributed by atoms with E-state index in [0.29, 0.717) is 17.2 Å². The minimum absolute atomic E-state index is 0.338. The third kappa shape index (κ3) is 2.67. The van der Waals surface area contributed by atoms with Crippen molar-refractivity contribution in [3.63, 3.8) is 0 Å². The van der Waals surface area contributed by atoms with Gasteiger partial charge in [0, 0.05) is 10.6 Å². The Morgan fingerprint density at radius 2 is 2.12 bits per heavy atom. The predicted molar refractivity (Wildman–Crippen MR) is 63.1 cm³/mol. The second-order valence-electron chi connectivity index (χ2n) is 4.29. The topological polar surface area (TPSA) is 46.5 Å². The fourth-order valence-electron chi connectivity index (χ4n) is 1.42. The molecule has 0 bridgehead atoms. The second-order valence-corrected chi connectivity index (χ2v) is 4.69. The van der Waals surface area contributed by atoms with Crippen LogP contribution >= 0.6 is 11.6 Å². The van der Waals surface area contributed by atoms with Gasteiger partial charge in [0.25, 0.3) is 0 Å². The second kappa shape index (κ2) is 4.74. The molecule has 0 fully saturated rings. The Hall–Kier alpha value is -1.22. The van der Waals surface area contributed by atoms with Gasteiger partial charge in [0.2, 0.25) is 0 Å². The molecule has 4 heteroatoms. The SMILES string of the molecule is COc1cccc(Cl)c1CC(C)(C)C(=O)O. The summed E-state index contributed by atoms with van der Waals surface area (Å²) in [6, 6.07) is 5.29. The van der Waals surface area contributed by atoms with E-state index in [1.54, 1.807) is 39.2 Å². The van der Waals surface area contributed by atoms with E-state index < -0.39 is 11.4 Å². The third-order valence-corrected chi connectivity index (χ3v) is 2.85. The lowest BCUT2D eigenvalue weighted by Crippen LogP contribution is -2.26. The first-order chi connectivity index (χ1) is 7.38. The van der Waals surface area contributed by atoms with Gasteiger partial charge >= 0.3 is 5.97 Å². The molecule has 0 aromatic heterocycles. The van der Waals surface area contributed by atoms with E-state index in [0.717, 1.165) is 5.56 Å². The quantitative estimate of drug-likeness (QED) is 0.883. The molecule has 0 spiro atoms. The van der Waals surface area contributed by atoms with E-state index in [4.69, 9.17) is 21.4 Å². The first kappa shape index (κ1) is 12.8. The van der Waals surface area contributed by atoms with Gasteiger partial charge in [-0.1, -0.05) is 17.7 Å². The van der Waals surface area contributed by atoms with Crippen molar-refractivity contribution in [3.8, 4) is 5.75 Å². The molecule has 0 atom stereocenters. The number of rotatable bonds is 4. The zero-order valence-corrected chi connectivity index (χ0v) is 10.3. The molecule has 1 aromatic carbocycles. The van der Waals surface area contributed by atoms with Crippen molar-refractivity contribution >= 4 is 17.6 Å². The van der Waals surface area contributed by atoms with Gasteiger partial charge in [-0.3, -0.25) is 4.79 Å². The molecule has 0 saturated carbocycles. The van der Waals surface area contributed by atoms with E-state index in [2.05, 4.69) is 0 Å². The molecule has 0 heterocycles. The summed E-state index contributed by atoms with van der Waals surface area (Å²) in [7, 11) is 1.54. The van der Waals surface area contributed by atoms with Crippen LogP contribution in [-0.4, -0.2) is 18.2 Å². The molecule has 0 radical (unpaired) electrons. The van der Waals surface area contributed by atoms with Crippen molar-refractivity contribution in [1.82, 2.24) is 0 Å². The van der Waals surface area contributed by atoms with E-state index in [9.17, 15) is 4.79 Å². The molecule has 0 aliphatic rings. The highest BCUT2D eigenvalue weighted by atomic mass is 35.5. The lowest BCUT2D eigenvalue weighted by Gasteiger charge is -2.21. The molecule has 1 rings (SSSR count). The zero-order chi connectivity index (χ0) is 12.3. The number of carboxylic acids is 1. The largest absolute Gasteiger partial charge is 0.496 e. The summed E-state index contributed by atoms with van der Waals surface area (Å²) in [5.41, 5.74) is -0.128. The molecule has 0 saturated heterocycles. The Labute approximate surface area is 100.0 Å². The number of ether oxygens (including phenoxy) is 1. The average Bonchev–Trinajstić information content (AvgIpc) is 2.20. The Morgan fingerprint density at radius 3 is 2.62 bits per heavy atom. The molecule has 0 aliphatic heterocycles. The van der Waals surface area contributed by atoms with Gasteiger partial charge in [0.1, 0.15) is 5.75 Å². The summed E-state index contributed by atoms with van der Waals surface area (Å²) in [5, 5.41) is 9.61. The Kier molecular flexibility index (Phi) is 3.81. The summed E-state index contributed by atoms with van der Waals surface area (Å²) in [6.45, 7) is 3.33. The normalized spacial score (nSPS) is 11.2. The Morgan fingerprint density at radius 1 is 1.50 bits per heavy atom. The molecule has 16 heavy (non-hydrogen) atoms. The molecule has 3 nitrogen and oxygen atoms in total. The first-order valence-corrected chi connectivity index (χ1v) is 5.31. The summed E-state index contributed by atoms with van der Waals surface area (Å²) in [5.74, 6) is -0.226. The number of hydrogen-bond donors (Lipinski definition) is 1. The van der Waals surface area contributed by atoms with Crippen molar-refractivity contribution in [1.29, 1.82) is 0 Å². The number of hydrogen-bond acceptors (Lipinski definition) is 2. The highest BCUT2D eigenvalue weighted by Crippen LogP contribution is 2.33. The fourth-order valence-corrected chi connectivity index (χ4v) is 1.65. The van der Waals surface area contributed by atoms with Crippen LogP contribution in [0, 0.1) is 5.41 Å². The molecule has 1 N–H and O–H groups in total. The minimum Gasteiger partial charge on any atom is -0.496 e. The van der Waals surface area contributed by atoms with Crippen LogP contribution in [0.1, 0.15) is 19.4 Å². The maximum absolute atomic E-state index is 11.1. The Bertz CT molecular complexity index is 399.